The van der Waals surface area contributed by atoms with Crippen LogP contribution in [0.1, 0.15) is 24.8 Å². The third-order valence-corrected chi connectivity index (χ3v) is 3.87. The molecule has 0 spiro atoms. The molecule has 2 nitrogen and oxygen atoms in total. The average Bonchev–Trinajstić information content (AvgIpc) is 3.36. The summed E-state index contributed by atoms with van der Waals surface area (Å²) in [4.78, 5) is 0. The molecule has 1 fully saturated rings. The van der Waals surface area contributed by atoms with Gasteiger partial charge in [-0.2, -0.15) is 0 Å². The van der Waals surface area contributed by atoms with E-state index in [2.05, 4.69) is 59.9 Å². The highest BCUT2D eigenvalue weighted by molar-refractivity contribution is 5.46. The van der Waals surface area contributed by atoms with Gasteiger partial charge >= 0.3 is 0 Å². The summed E-state index contributed by atoms with van der Waals surface area (Å²) in [5, 5.41) is 3.47. The van der Waals surface area contributed by atoms with Crippen molar-refractivity contribution < 1.29 is 4.74 Å². The zero-order valence-electron chi connectivity index (χ0n) is 12.4. The highest BCUT2D eigenvalue weighted by atomic mass is 16.5. The summed E-state index contributed by atoms with van der Waals surface area (Å²) in [7, 11) is 0. The van der Waals surface area contributed by atoms with Gasteiger partial charge in [-0.3, -0.25) is 0 Å². The van der Waals surface area contributed by atoms with E-state index in [-0.39, 0.29) is 0 Å². The Bertz CT molecular complexity index is 531. The quantitative estimate of drug-likeness (QED) is 0.718. The Morgan fingerprint density at radius 2 is 1.71 bits per heavy atom. The summed E-state index contributed by atoms with van der Waals surface area (Å²) >= 11 is 0. The van der Waals surface area contributed by atoms with Gasteiger partial charge in [0, 0.05) is 12.2 Å². The number of ether oxygens (including phenoxy) is 1. The summed E-state index contributed by atoms with van der Waals surface area (Å²) in [5.74, 6) is 1.86. The third kappa shape index (κ3) is 4.82. The van der Waals surface area contributed by atoms with Gasteiger partial charge in [0.25, 0.3) is 0 Å². The number of nitrogens with one attached hydrogen (secondary N) is 1. The largest absolute Gasteiger partial charge is 0.494 e. The van der Waals surface area contributed by atoms with Gasteiger partial charge < -0.3 is 10.1 Å². The van der Waals surface area contributed by atoms with E-state index in [0.717, 1.165) is 37.7 Å². The van der Waals surface area contributed by atoms with Gasteiger partial charge in [0.2, 0.25) is 0 Å². The summed E-state index contributed by atoms with van der Waals surface area (Å²) in [6.45, 7) is 1.88. The number of hydrogen-bond donors (Lipinski definition) is 1. The standard InChI is InChI=1S/C19H23NO/c1-2-5-16(6-3-1)7-4-14-21-19-12-10-18(11-13-19)20-15-17-8-9-17/h1-3,5-6,10-13,17,20H,4,7-9,14-15H2. The van der Waals surface area contributed by atoms with E-state index in [4.69, 9.17) is 4.74 Å². The second-order valence-corrected chi connectivity index (χ2v) is 5.79. The Balaban J connectivity index is 1.36. The maximum atomic E-state index is 5.79. The van der Waals surface area contributed by atoms with Crippen molar-refractivity contribution in [2.24, 2.45) is 5.92 Å². The van der Waals surface area contributed by atoms with E-state index in [1.165, 1.54) is 24.1 Å². The molecular formula is C19H23NO. The summed E-state index contributed by atoms with van der Waals surface area (Å²) in [6, 6.07) is 18.9. The van der Waals surface area contributed by atoms with E-state index in [1.54, 1.807) is 0 Å². The molecule has 0 unspecified atom stereocenters. The van der Waals surface area contributed by atoms with Crippen LogP contribution < -0.4 is 10.1 Å². The molecule has 2 aromatic rings. The lowest BCUT2D eigenvalue weighted by molar-refractivity contribution is 0.311. The molecule has 1 N–H and O–H groups in total. The van der Waals surface area contributed by atoms with Crippen molar-refractivity contribution in [1.82, 2.24) is 0 Å². The molecule has 0 amide bonds. The van der Waals surface area contributed by atoms with Gasteiger partial charge in [-0.25, -0.2) is 0 Å². The molecule has 0 bridgehead atoms. The molecule has 0 aliphatic heterocycles. The molecule has 0 saturated heterocycles. The molecule has 2 heteroatoms. The molecule has 0 radical (unpaired) electrons. The normalized spacial score (nSPS) is 13.9. The van der Waals surface area contributed by atoms with Gasteiger partial charge in [0.05, 0.1) is 6.61 Å². The molecule has 0 atom stereocenters. The van der Waals surface area contributed by atoms with Gasteiger partial charge in [0.1, 0.15) is 5.75 Å². The zero-order chi connectivity index (χ0) is 14.3. The fourth-order valence-electron chi connectivity index (χ4n) is 2.36. The molecule has 0 heterocycles. The first-order valence-corrected chi connectivity index (χ1v) is 7.91. The molecule has 2 aromatic carbocycles. The molecule has 1 aliphatic rings. The van der Waals surface area contributed by atoms with Crippen LogP contribution in [0.15, 0.2) is 54.6 Å². The Morgan fingerprint density at radius 3 is 2.43 bits per heavy atom. The van der Waals surface area contributed by atoms with Gasteiger partial charge in [-0.1, -0.05) is 30.3 Å². The van der Waals surface area contributed by atoms with E-state index in [0.29, 0.717) is 0 Å². The minimum absolute atomic E-state index is 0.768. The van der Waals surface area contributed by atoms with Crippen LogP contribution in [0.3, 0.4) is 0 Å². The molecular weight excluding hydrogens is 258 g/mol. The maximum Gasteiger partial charge on any atom is 0.119 e. The van der Waals surface area contributed by atoms with Crippen molar-refractivity contribution in [2.75, 3.05) is 18.5 Å². The molecule has 1 aliphatic carbocycles. The first-order chi connectivity index (χ1) is 10.4. The van der Waals surface area contributed by atoms with E-state index < -0.39 is 0 Å². The molecule has 1 saturated carbocycles. The molecule has 0 aromatic heterocycles. The van der Waals surface area contributed by atoms with Crippen molar-refractivity contribution in [3.05, 3.63) is 60.2 Å². The van der Waals surface area contributed by atoms with Crippen LogP contribution in [0.4, 0.5) is 5.69 Å². The lowest BCUT2D eigenvalue weighted by Gasteiger charge is -2.08. The van der Waals surface area contributed by atoms with Crippen LogP contribution in [0.25, 0.3) is 0 Å². The van der Waals surface area contributed by atoms with Crippen molar-refractivity contribution in [1.29, 1.82) is 0 Å². The first-order valence-electron chi connectivity index (χ1n) is 7.91. The third-order valence-electron chi connectivity index (χ3n) is 3.87. The lowest BCUT2D eigenvalue weighted by Crippen LogP contribution is -2.03. The van der Waals surface area contributed by atoms with E-state index >= 15 is 0 Å². The van der Waals surface area contributed by atoms with Crippen LogP contribution >= 0.6 is 0 Å². The number of hydrogen-bond acceptors (Lipinski definition) is 2. The van der Waals surface area contributed by atoms with Crippen LogP contribution in [0.2, 0.25) is 0 Å². The molecule has 110 valence electrons. The second kappa shape index (κ2) is 7.16. The Kier molecular flexibility index (Phi) is 4.78. The minimum atomic E-state index is 0.768. The Labute approximate surface area is 127 Å². The number of benzene rings is 2. The van der Waals surface area contributed by atoms with Crippen LogP contribution in [-0.2, 0) is 6.42 Å². The van der Waals surface area contributed by atoms with Crippen LogP contribution in [0.5, 0.6) is 5.75 Å². The summed E-state index contributed by atoms with van der Waals surface area (Å²) in [6.07, 6.45) is 4.89. The maximum absolute atomic E-state index is 5.79. The number of rotatable bonds is 8. The number of aryl methyl sites for hydroxylation is 1. The van der Waals surface area contributed by atoms with Crippen molar-refractivity contribution in [3.8, 4) is 5.75 Å². The SMILES string of the molecule is c1ccc(CCCOc2ccc(NCC3CC3)cc2)cc1. The van der Waals surface area contributed by atoms with Crippen molar-refractivity contribution >= 4 is 5.69 Å². The number of anilines is 1. The summed E-state index contributed by atoms with van der Waals surface area (Å²) < 4.78 is 5.79. The average molecular weight is 281 g/mol. The Morgan fingerprint density at radius 1 is 0.952 bits per heavy atom. The second-order valence-electron chi connectivity index (χ2n) is 5.79. The van der Waals surface area contributed by atoms with Crippen LogP contribution in [-0.4, -0.2) is 13.2 Å². The van der Waals surface area contributed by atoms with Crippen molar-refractivity contribution in [3.63, 3.8) is 0 Å². The predicted molar refractivity (Wildman–Crippen MR) is 87.9 cm³/mol. The zero-order valence-corrected chi connectivity index (χ0v) is 12.4. The monoisotopic (exact) mass is 281 g/mol. The predicted octanol–water partition coefficient (Wildman–Crippen LogP) is 4.52. The highest BCUT2D eigenvalue weighted by Crippen LogP contribution is 2.29. The van der Waals surface area contributed by atoms with Gasteiger partial charge in [0.15, 0.2) is 0 Å². The smallest absolute Gasteiger partial charge is 0.119 e. The first kappa shape index (κ1) is 14.0. The van der Waals surface area contributed by atoms with E-state index in [9.17, 15) is 0 Å². The van der Waals surface area contributed by atoms with E-state index in [1.807, 2.05) is 0 Å². The Hall–Kier alpha value is -1.96. The highest BCUT2D eigenvalue weighted by Gasteiger charge is 2.20. The van der Waals surface area contributed by atoms with Gasteiger partial charge in [-0.15, -0.1) is 0 Å². The van der Waals surface area contributed by atoms with Crippen molar-refractivity contribution in [2.45, 2.75) is 25.7 Å². The topological polar surface area (TPSA) is 21.3 Å². The fraction of sp³-hybridized carbons (Fsp3) is 0.368. The fourth-order valence-corrected chi connectivity index (χ4v) is 2.36. The molecule has 3 rings (SSSR count). The molecule has 21 heavy (non-hydrogen) atoms. The minimum Gasteiger partial charge on any atom is -0.494 e. The lowest BCUT2D eigenvalue weighted by atomic mass is 10.1. The van der Waals surface area contributed by atoms with Gasteiger partial charge in [-0.05, 0) is 61.4 Å². The van der Waals surface area contributed by atoms with Crippen LogP contribution in [0, 0.1) is 5.92 Å². The summed E-state index contributed by atoms with van der Waals surface area (Å²) in [5.41, 5.74) is 2.57.